The quantitative estimate of drug-likeness (QED) is 0.716. The van der Waals surface area contributed by atoms with Crippen LogP contribution in [0.3, 0.4) is 0 Å². The van der Waals surface area contributed by atoms with Gasteiger partial charge >= 0.3 is 0 Å². The Bertz CT molecular complexity index is 379. The summed E-state index contributed by atoms with van der Waals surface area (Å²) in [5.41, 5.74) is 7.14. The van der Waals surface area contributed by atoms with Crippen LogP contribution in [0.25, 0.3) is 0 Å². The summed E-state index contributed by atoms with van der Waals surface area (Å²) in [7, 11) is 0. The molecule has 0 aromatic heterocycles. The Hall–Kier alpha value is -0.730. The van der Waals surface area contributed by atoms with Crippen molar-refractivity contribution < 1.29 is 4.74 Å². The number of benzene rings is 1. The monoisotopic (exact) mass is 283 g/mol. The van der Waals surface area contributed by atoms with Crippen LogP contribution in [0.15, 0.2) is 18.2 Å². The van der Waals surface area contributed by atoms with E-state index in [1.807, 2.05) is 12.1 Å². The lowest BCUT2D eigenvalue weighted by molar-refractivity contribution is 0.294. The molecular formula is C16H26ClNO. The largest absolute Gasteiger partial charge is 0.492 e. The van der Waals surface area contributed by atoms with Crippen molar-refractivity contribution in [3.63, 3.8) is 0 Å². The fraction of sp³-hybridized carbons (Fsp3) is 0.625. The zero-order valence-electron chi connectivity index (χ0n) is 12.3. The topological polar surface area (TPSA) is 35.2 Å². The van der Waals surface area contributed by atoms with Crippen LogP contribution in [0.5, 0.6) is 5.75 Å². The molecule has 19 heavy (non-hydrogen) atoms. The van der Waals surface area contributed by atoms with Gasteiger partial charge in [0.1, 0.15) is 5.75 Å². The average molecular weight is 284 g/mol. The van der Waals surface area contributed by atoms with E-state index >= 15 is 0 Å². The molecule has 0 saturated carbocycles. The molecule has 1 atom stereocenters. The van der Waals surface area contributed by atoms with Crippen molar-refractivity contribution >= 4 is 11.6 Å². The minimum absolute atomic E-state index is 0.163. The van der Waals surface area contributed by atoms with Crippen molar-refractivity contribution in [1.29, 1.82) is 0 Å². The second-order valence-corrected chi connectivity index (χ2v) is 5.89. The molecule has 1 unspecified atom stereocenters. The normalized spacial score (nSPS) is 12.7. The number of rotatable bonds is 8. The summed E-state index contributed by atoms with van der Waals surface area (Å²) in [5.74, 6) is 1.53. The molecule has 0 aliphatic rings. The van der Waals surface area contributed by atoms with E-state index in [4.69, 9.17) is 22.1 Å². The van der Waals surface area contributed by atoms with Gasteiger partial charge < -0.3 is 10.5 Å². The van der Waals surface area contributed by atoms with Crippen LogP contribution in [-0.2, 0) is 6.42 Å². The van der Waals surface area contributed by atoms with Crippen LogP contribution in [0.2, 0.25) is 5.02 Å². The zero-order chi connectivity index (χ0) is 14.3. The van der Waals surface area contributed by atoms with Gasteiger partial charge in [0.05, 0.1) is 11.6 Å². The smallest absolute Gasteiger partial charge is 0.141 e. The molecule has 0 fully saturated rings. The van der Waals surface area contributed by atoms with Gasteiger partial charge in [-0.2, -0.15) is 0 Å². The van der Waals surface area contributed by atoms with E-state index in [1.165, 1.54) is 6.42 Å². The molecule has 0 radical (unpaired) electrons. The maximum absolute atomic E-state index is 6.23. The second kappa shape index (κ2) is 8.44. The van der Waals surface area contributed by atoms with Crippen molar-refractivity contribution in [3.8, 4) is 5.75 Å². The van der Waals surface area contributed by atoms with Crippen LogP contribution in [-0.4, -0.2) is 12.6 Å². The lowest BCUT2D eigenvalue weighted by atomic mass is 10.0. The predicted octanol–water partition coefficient (Wildman–Crippen LogP) is 4.43. The summed E-state index contributed by atoms with van der Waals surface area (Å²) in [6.07, 6.45) is 4.01. The first-order valence-corrected chi connectivity index (χ1v) is 7.58. The van der Waals surface area contributed by atoms with Gasteiger partial charge in [0.25, 0.3) is 0 Å². The van der Waals surface area contributed by atoms with E-state index in [2.05, 4.69) is 26.8 Å². The molecule has 108 valence electrons. The summed E-state index contributed by atoms with van der Waals surface area (Å²) < 4.78 is 5.88. The number of para-hydroxylation sites is 1. The van der Waals surface area contributed by atoms with E-state index < -0.39 is 0 Å². The Morgan fingerprint density at radius 3 is 2.68 bits per heavy atom. The summed E-state index contributed by atoms with van der Waals surface area (Å²) in [6, 6.07) is 6.05. The number of hydrogen-bond acceptors (Lipinski definition) is 2. The zero-order valence-corrected chi connectivity index (χ0v) is 13.0. The van der Waals surface area contributed by atoms with E-state index in [0.29, 0.717) is 10.9 Å². The van der Waals surface area contributed by atoms with Crippen LogP contribution >= 0.6 is 11.6 Å². The Kier molecular flexibility index (Phi) is 7.25. The second-order valence-electron chi connectivity index (χ2n) is 5.49. The predicted molar refractivity (Wildman–Crippen MR) is 83.0 cm³/mol. The molecular weight excluding hydrogens is 258 g/mol. The van der Waals surface area contributed by atoms with Crippen LogP contribution in [0.1, 0.15) is 45.6 Å². The third kappa shape index (κ3) is 5.84. The molecule has 3 heteroatoms. The molecule has 2 N–H and O–H groups in total. The number of halogens is 1. The van der Waals surface area contributed by atoms with Gasteiger partial charge in [0.15, 0.2) is 0 Å². The Morgan fingerprint density at radius 2 is 2.05 bits per heavy atom. The SMILES string of the molecule is CCC(N)Cc1cccc(Cl)c1OCCCC(C)C. The standard InChI is InChI=1S/C16H26ClNO/c1-4-14(18)11-13-8-5-9-15(17)16(13)19-10-6-7-12(2)3/h5,8-9,12,14H,4,6-7,10-11,18H2,1-3H3. The minimum atomic E-state index is 0.163. The highest BCUT2D eigenvalue weighted by atomic mass is 35.5. The lowest BCUT2D eigenvalue weighted by Gasteiger charge is -2.16. The number of nitrogens with two attached hydrogens (primary N) is 1. The van der Waals surface area contributed by atoms with Crippen molar-refractivity contribution in [2.24, 2.45) is 11.7 Å². The van der Waals surface area contributed by atoms with Gasteiger partial charge in [-0.25, -0.2) is 0 Å². The summed E-state index contributed by atoms with van der Waals surface area (Å²) in [4.78, 5) is 0. The molecule has 0 spiro atoms. The summed E-state index contributed by atoms with van der Waals surface area (Å²) in [6.45, 7) is 7.26. The van der Waals surface area contributed by atoms with Gasteiger partial charge in [-0.1, -0.05) is 44.5 Å². The van der Waals surface area contributed by atoms with Gasteiger partial charge in [-0.15, -0.1) is 0 Å². The fourth-order valence-electron chi connectivity index (χ4n) is 1.97. The van der Waals surface area contributed by atoms with E-state index in [0.717, 1.165) is 37.2 Å². The molecule has 0 amide bonds. The molecule has 1 aromatic carbocycles. The first kappa shape index (κ1) is 16.3. The highest BCUT2D eigenvalue weighted by Gasteiger charge is 2.11. The van der Waals surface area contributed by atoms with Gasteiger partial charge in [-0.05, 0) is 43.2 Å². The van der Waals surface area contributed by atoms with Gasteiger partial charge in [0, 0.05) is 6.04 Å². The van der Waals surface area contributed by atoms with Crippen molar-refractivity contribution in [3.05, 3.63) is 28.8 Å². The number of hydrogen-bond donors (Lipinski definition) is 1. The maximum atomic E-state index is 6.23. The lowest BCUT2D eigenvalue weighted by Crippen LogP contribution is -2.21. The Morgan fingerprint density at radius 1 is 1.32 bits per heavy atom. The number of ether oxygens (including phenoxy) is 1. The first-order valence-electron chi connectivity index (χ1n) is 7.20. The van der Waals surface area contributed by atoms with E-state index in [-0.39, 0.29) is 6.04 Å². The minimum Gasteiger partial charge on any atom is -0.492 e. The summed E-state index contributed by atoms with van der Waals surface area (Å²) in [5, 5.41) is 0.686. The van der Waals surface area contributed by atoms with Crippen molar-refractivity contribution in [1.82, 2.24) is 0 Å². The highest BCUT2D eigenvalue weighted by Crippen LogP contribution is 2.30. The fourth-order valence-corrected chi connectivity index (χ4v) is 2.22. The van der Waals surface area contributed by atoms with E-state index in [1.54, 1.807) is 0 Å². The van der Waals surface area contributed by atoms with Crippen LogP contribution in [0.4, 0.5) is 0 Å². The first-order chi connectivity index (χ1) is 9.04. The molecule has 0 heterocycles. The van der Waals surface area contributed by atoms with Crippen molar-refractivity contribution in [2.75, 3.05) is 6.61 Å². The molecule has 1 rings (SSSR count). The van der Waals surface area contributed by atoms with Crippen LogP contribution in [0, 0.1) is 5.92 Å². The summed E-state index contributed by atoms with van der Waals surface area (Å²) >= 11 is 6.23. The third-order valence-electron chi connectivity index (χ3n) is 3.23. The maximum Gasteiger partial charge on any atom is 0.141 e. The third-order valence-corrected chi connectivity index (χ3v) is 3.52. The molecule has 0 aliphatic carbocycles. The van der Waals surface area contributed by atoms with E-state index in [9.17, 15) is 0 Å². The van der Waals surface area contributed by atoms with Gasteiger partial charge in [-0.3, -0.25) is 0 Å². The Labute approximate surface area is 122 Å². The molecule has 0 saturated heterocycles. The Balaban J connectivity index is 2.64. The molecule has 0 bridgehead atoms. The average Bonchev–Trinajstić information content (AvgIpc) is 2.36. The van der Waals surface area contributed by atoms with Crippen molar-refractivity contribution in [2.45, 2.75) is 52.5 Å². The molecule has 1 aromatic rings. The highest BCUT2D eigenvalue weighted by molar-refractivity contribution is 6.32. The molecule has 0 aliphatic heterocycles. The molecule has 2 nitrogen and oxygen atoms in total. The van der Waals surface area contributed by atoms with Crippen LogP contribution < -0.4 is 10.5 Å². The van der Waals surface area contributed by atoms with Gasteiger partial charge in [0.2, 0.25) is 0 Å².